The maximum Gasteiger partial charge on any atom is 0.337 e. The number of benzene rings is 2. The van der Waals surface area contributed by atoms with Crippen LogP contribution in [0.2, 0.25) is 10.0 Å². The Kier molecular flexibility index (Phi) is 3.97. The zero-order chi connectivity index (χ0) is 14.9. The number of halogens is 2. The lowest BCUT2D eigenvalue weighted by atomic mass is 9.98. The molecule has 2 rings (SSSR count). The second-order valence-corrected chi connectivity index (χ2v) is 4.78. The Morgan fingerprint density at radius 2 is 1.60 bits per heavy atom. The molecule has 0 heterocycles. The molecule has 20 heavy (non-hydrogen) atoms. The summed E-state index contributed by atoms with van der Waals surface area (Å²) in [7, 11) is 0. The van der Waals surface area contributed by atoms with Gasteiger partial charge in [-0.05, 0) is 29.3 Å². The van der Waals surface area contributed by atoms with Gasteiger partial charge in [0, 0.05) is 0 Å². The molecule has 0 aliphatic heterocycles. The van der Waals surface area contributed by atoms with Crippen LogP contribution in [-0.4, -0.2) is 22.2 Å². The van der Waals surface area contributed by atoms with Gasteiger partial charge in [-0.15, -0.1) is 0 Å². The Bertz CT molecular complexity index is 710. The number of carboxylic acids is 2. The molecule has 0 aliphatic rings. The van der Waals surface area contributed by atoms with Gasteiger partial charge in [-0.25, -0.2) is 9.59 Å². The van der Waals surface area contributed by atoms with Gasteiger partial charge >= 0.3 is 11.9 Å². The summed E-state index contributed by atoms with van der Waals surface area (Å²) in [6.07, 6.45) is 0. The third-order valence-corrected chi connectivity index (χ3v) is 3.38. The highest BCUT2D eigenvalue weighted by Gasteiger charge is 2.17. The summed E-state index contributed by atoms with van der Waals surface area (Å²) in [5.74, 6) is -2.37. The number of carbonyl (C=O) groups is 2. The van der Waals surface area contributed by atoms with Crippen LogP contribution in [0.15, 0.2) is 36.4 Å². The molecule has 0 aromatic heterocycles. The van der Waals surface area contributed by atoms with E-state index in [9.17, 15) is 14.7 Å². The average Bonchev–Trinajstić information content (AvgIpc) is 2.38. The van der Waals surface area contributed by atoms with E-state index in [1.54, 1.807) is 18.2 Å². The number of carboxylic acid groups (broad SMARTS) is 2. The highest BCUT2D eigenvalue weighted by atomic mass is 35.5. The van der Waals surface area contributed by atoms with Crippen molar-refractivity contribution in [2.45, 2.75) is 0 Å². The van der Waals surface area contributed by atoms with Crippen molar-refractivity contribution in [1.82, 2.24) is 0 Å². The summed E-state index contributed by atoms with van der Waals surface area (Å²) in [6.45, 7) is 0. The predicted molar refractivity (Wildman–Crippen MR) is 75.8 cm³/mol. The molecule has 0 spiro atoms. The molecule has 0 saturated heterocycles. The Balaban J connectivity index is 2.69. The lowest BCUT2D eigenvalue weighted by molar-refractivity contribution is 0.0687. The Labute approximate surface area is 124 Å². The molecular formula is C14H8Cl2O4. The first kappa shape index (κ1) is 14.4. The molecule has 0 aliphatic carbocycles. The van der Waals surface area contributed by atoms with Crippen molar-refractivity contribution >= 4 is 35.1 Å². The minimum atomic E-state index is -1.18. The average molecular weight is 311 g/mol. The molecule has 0 radical (unpaired) electrons. The van der Waals surface area contributed by atoms with Gasteiger partial charge in [0.15, 0.2) is 0 Å². The van der Waals surface area contributed by atoms with E-state index in [0.29, 0.717) is 11.1 Å². The number of rotatable bonds is 3. The fourth-order valence-corrected chi connectivity index (χ4v) is 2.29. The lowest BCUT2D eigenvalue weighted by Crippen LogP contribution is -2.02. The van der Waals surface area contributed by atoms with Gasteiger partial charge in [-0.3, -0.25) is 0 Å². The first-order chi connectivity index (χ1) is 9.41. The second kappa shape index (κ2) is 5.53. The molecule has 0 amide bonds. The van der Waals surface area contributed by atoms with Gasteiger partial charge in [-0.2, -0.15) is 0 Å². The highest BCUT2D eigenvalue weighted by molar-refractivity contribution is 6.34. The van der Waals surface area contributed by atoms with E-state index in [0.717, 1.165) is 0 Å². The molecule has 2 N–H and O–H groups in total. The van der Waals surface area contributed by atoms with Crippen LogP contribution in [0.25, 0.3) is 11.1 Å². The van der Waals surface area contributed by atoms with E-state index in [-0.39, 0.29) is 21.2 Å². The van der Waals surface area contributed by atoms with Crippen molar-refractivity contribution in [3.63, 3.8) is 0 Å². The van der Waals surface area contributed by atoms with Crippen molar-refractivity contribution in [2.75, 3.05) is 0 Å². The van der Waals surface area contributed by atoms with Gasteiger partial charge in [0.2, 0.25) is 0 Å². The van der Waals surface area contributed by atoms with Crippen molar-refractivity contribution in [2.24, 2.45) is 0 Å². The van der Waals surface area contributed by atoms with Crippen molar-refractivity contribution in [3.05, 3.63) is 57.6 Å². The standard InChI is InChI=1S/C14H8Cl2O4/c15-10-5-4-7(6-9(10)13(17)18)8-2-1-3-11(16)12(8)14(19)20/h1-6H,(H,17,18)(H,19,20). The number of hydrogen-bond acceptors (Lipinski definition) is 2. The van der Waals surface area contributed by atoms with Crippen LogP contribution in [0.5, 0.6) is 0 Å². The number of aromatic carboxylic acids is 2. The fourth-order valence-electron chi connectivity index (χ4n) is 1.84. The van der Waals surface area contributed by atoms with E-state index in [2.05, 4.69) is 0 Å². The topological polar surface area (TPSA) is 74.6 Å². The molecule has 0 bridgehead atoms. The van der Waals surface area contributed by atoms with Crippen LogP contribution in [0.1, 0.15) is 20.7 Å². The van der Waals surface area contributed by atoms with E-state index in [1.165, 1.54) is 18.2 Å². The fraction of sp³-hybridized carbons (Fsp3) is 0. The minimum Gasteiger partial charge on any atom is -0.478 e. The van der Waals surface area contributed by atoms with Crippen LogP contribution < -0.4 is 0 Å². The summed E-state index contributed by atoms with van der Waals surface area (Å²) in [4.78, 5) is 22.3. The van der Waals surface area contributed by atoms with Crippen LogP contribution in [0.3, 0.4) is 0 Å². The molecule has 4 nitrogen and oxygen atoms in total. The van der Waals surface area contributed by atoms with Gasteiger partial charge in [0.1, 0.15) is 0 Å². The van der Waals surface area contributed by atoms with Crippen molar-refractivity contribution < 1.29 is 19.8 Å². The Hall–Kier alpha value is -2.04. The summed E-state index contributed by atoms with van der Waals surface area (Å²) in [5, 5.41) is 18.4. The molecule has 6 heteroatoms. The molecule has 0 unspecified atom stereocenters. The van der Waals surface area contributed by atoms with Crippen LogP contribution in [0.4, 0.5) is 0 Å². The third-order valence-electron chi connectivity index (χ3n) is 2.74. The highest BCUT2D eigenvalue weighted by Crippen LogP contribution is 2.31. The smallest absolute Gasteiger partial charge is 0.337 e. The quantitative estimate of drug-likeness (QED) is 0.896. The Morgan fingerprint density at radius 1 is 0.900 bits per heavy atom. The minimum absolute atomic E-state index is 0.0761. The third kappa shape index (κ3) is 2.61. The van der Waals surface area contributed by atoms with Crippen LogP contribution in [-0.2, 0) is 0 Å². The van der Waals surface area contributed by atoms with E-state index in [4.69, 9.17) is 28.3 Å². The summed E-state index contributed by atoms with van der Waals surface area (Å²) < 4.78 is 0. The van der Waals surface area contributed by atoms with E-state index < -0.39 is 11.9 Å². The SMILES string of the molecule is O=C(O)c1cc(-c2cccc(Cl)c2C(=O)O)ccc1Cl. The monoisotopic (exact) mass is 310 g/mol. The molecule has 2 aromatic carbocycles. The molecule has 0 fully saturated rings. The molecule has 102 valence electrons. The van der Waals surface area contributed by atoms with Crippen LogP contribution in [0, 0.1) is 0 Å². The first-order valence-electron chi connectivity index (χ1n) is 5.47. The molecule has 0 atom stereocenters. The van der Waals surface area contributed by atoms with Crippen LogP contribution >= 0.6 is 23.2 Å². The van der Waals surface area contributed by atoms with E-state index >= 15 is 0 Å². The maximum absolute atomic E-state index is 11.3. The lowest BCUT2D eigenvalue weighted by Gasteiger charge is -2.09. The van der Waals surface area contributed by atoms with E-state index in [1.807, 2.05) is 0 Å². The normalized spacial score (nSPS) is 10.3. The summed E-state index contributed by atoms with van der Waals surface area (Å²) in [5.41, 5.74) is 0.587. The zero-order valence-electron chi connectivity index (χ0n) is 9.93. The van der Waals surface area contributed by atoms with Crippen molar-refractivity contribution in [3.8, 4) is 11.1 Å². The molecular weight excluding hydrogens is 303 g/mol. The van der Waals surface area contributed by atoms with Gasteiger partial charge in [0.05, 0.1) is 21.2 Å². The van der Waals surface area contributed by atoms with Crippen molar-refractivity contribution in [1.29, 1.82) is 0 Å². The maximum atomic E-state index is 11.3. The first-order valence-corrected chi connectivity index (χ1v) is 6.22. The summed E-state index contributed by atoms with van der Waals surface area (Å²) in [6, 6.07) is 8.90. The van der Waals surface area contributed by atoms with Gasteiger partial charge < -0.3 is 10.2 Å². The predicted octanol–water partition coefficient (Wildman–Crippen LogP) is 4.06. The summed E-state index contributed by atoms with van der Waals surface area (Å²) >= 11 is 11.7. The second-order valence-electron chi connectivity index (χ2n) is 3.97. The Morgan fingerprint density at radius 3 is 2.20 bits per heavy atom. The number of hydrogen-bond donors (Lipinski definition) is 2. The van der Waals surface area contributed by atoms with Gasteiger partial charge in [-0.1, -0.05) is 41.4 Å². The van der Waals surface area contributed by atoms with Gasteiger partial charge in [0.25, 0.3) is 0 Å². The zero-order valence-corrected chi connectivity index (χ0v) is 11.4. The molecule has 2 aromatic rings. The molecule has 0 saturated carbocycles. The largest absolute Gasteiger partial charge is 0.478 e.